The summed E-state index contributed by atoms with van der Waals surface area (Å²) in [5, 5.41) is 2.96. The van der Waals surface area contributed by atoms with Gasteiger partial charge in [-0.3, -0.25) is 4.79 Å². The molecule has 0 bridgehead atoms. The summed E-state index contributed by atoms with van der Waals surface area (Å²) >= 11 is 0. The molecule has 0 fully saturated rings. The van der Waals surface area contributed by atoms with Gasteiger partial charge in [-0.1, -0.05) is 27.7 Å². The molecule has 0 spiro atoms. The SMILES string of the molecule is CC(C)C(C)(C)C(=O)NCCN(C)C. The normalized spacial score (nSPS) is 12.3. The first-order chi connectivity index (χ1) is 6.28. The molecule has 1 amide bonds. The Labute approximate surface area is 87.9 Å². The Morgan fingerprint density at radius 2 is 1.86 bits per heavy atom. The van der Waals surface area contributed by atoms with Crippen molar-refractivity contribution in [1.29, 1.82) is 0 Å². The molecule has 0 aromatic carbocycles. The molecule has 0 saturated carbocycles. The third-order valence-corrected chi connectivity index (χ3v) is 2.87. The Balaban J connectivity index is 3.96. The van der Waals surface area contributed by atoms with E-state index >= 15 is 0 Å². The number of carbonyl (C=O) groups is 1. The quantitative estimate of drug-likeness (QED) is 0.726. The van der Waals surface area contributed by atoms with Gasteiger partial charge >= 0.3 is 0 Å². The number of carbonyl (C=O) groups excluding carboxylic acids is 1. The first kappa shape index (κ1) is 13.4. The van der Waals surface area contributed by atoms with Crippen molar-refractivity contribution in [3.05, 3.63) is 0 Å². The number of amides is 1. The van der Waals surface area contributed by atoms with E-state index in [1.165, 1.54) is 0 Å². The smallest absolute Gasteiger partial charge is 0.225 e. The van der Waals surface area contributed by atoms with Crippen molar-refractivity contribution in [2.24, 2.45) is 11.3 Å². The predicted octanol–water partition coefficient (Wildman–Crippen LogP) is 1.35. The van der Waals surface area contributed by atoms with Crippen molar-refractivity contribution in [3.63, 3.8) is 0 Å². The summed E-state index contributed by atoms with van der Waals surface area (Å²) in [6.07, 6.45) is 0. The van der Waals surface area contributed by atoms with Gasteiger partial charge in [0.15, 0.2) is 0 Å². The third-order valence-electron chi connectivity index (χ3n) is 2.87. The van der Waals surface area contributed by atoms with Crippen LogP contribution in [0, 0.1) is 11.3 Å². The summed E-state index contributed by atoms with van der Waals surface area (Å²) in [6.45, 7) is 9.74. The monoisotopic (exact) mass is 200 g/mol. The fraction of sp³-hybridized carbons (Fsp3) is 0.909. The minimum absolute atomic E-state index is 0.148. The highest BCUT2D eigenvalue weighted by Crippen LogP contribution is 2.25. The first-order valence-electron chi connectivity index (χ1n) is 5.21. The van der Waals surface area contributed by atoms with E-state index in [1.807, 2.05) is 27.9 Å². The highest BCUT2D eigenvalue weighted by molar-refractivity contribution is 5.82. The Morgan fingerprint density at radius 3 is 2.21 bits per heavy atom. The molecule has 0 aliphatic rings. The number of nitrogens with zero attached hydrogens (tertiary/aromatic N) is 1. The molecule has 3 heteroatoms. The van der Waals surface area contributed by atoms with E-state index in [9.17, 15) is 4.79 Å². The molecule has 0 atom stereocenters. The molecule has 0 unspecified atom stereocenters. The van der Waals surface area contributed by atoms with E-state index in [-0.39, 0.29) is 11.3 Å². The van der Waals surface area contributed by atoms with E-state index < -0.39 is 0 Å². The Kier molecular flexibility index (Phi) is 5.13. The third kappa shape index (κ3) is 4.09. The van der Waals surface area contributed by atoms with Crippen LogP contribution in [0.25, 0.3) is 0 Å². The minimum atomic E-state index is -0.272. The van der Waals surface area contributed by atoms with Crippen molar-refractivity contribution in [3.8, 4) is 0 Å². The highest BCUT2D eigenvalue weighted by Gasteiger charge is 2.30. The Hall–Kier alpha value is -0.570. The maximum absolute atomic E-state index is 11.8. The Morgan fingerprint density at radius 1 is 1.36 bits per heavy atom. The molecule has 0 aliphatic carbocycles. The van der Waals surface area contributed by atoms with Crippen LogP contribution in [0.4, 0.5) is 0 Å². The lowest BCUT2D eigenvalue weighted by Crippen LogP contribution is -2.42. The van der Waals surface area contributed by atoms with Crippen LogP contribution in [0.2, 0.25) is 0 Å². The van der Waals surface area contributed by atoms with E-state index in [2.05, 4.69) is 24.1 Å². The molecular formula is C11H24N2O. The molecule has 0 aromatic heterocycles. The van der Waals surface area contributed by atoms with Crippen molar-refractivity contribution in [2.75, 3.05) is 27.2 Å². The van der Waals surface area contributed by atoms with Crippen LogP contribution in [0.5, 0.6) is 0 Å². The van der Waals surface area contributed by atoms with Gasteiger partial charge in [-0.2, -0.15) is 0 Å². The van der Waals surface area contributed by atoms with Gasteiger partial charge in [0.25, 0.3) is 0 Å². The molecule has 84 valence electrons. The zero-order valence-corrected chi connectivity index (χ0v) is 10.3. The van der Waals surface area contributed by atoms with Gasteiger partial charge in [0.05, 0.1) is 0 Å². The maximum Gasteiger partial charge on any atom is 0.225 e. The number of nitrogens with one attached hydrogen (secondary N) is 1. The van der Waals surface area contributed by atoms with Crippen LogP contribution in [-0.4, -0.2) is 38.0 Å². The number of hydrogen-bond donors (Lipinski definition) is 1. The van der Waals surface area contributed by atoms with Gasteiger partial charge in [-0.15, -0.1) is 0 Å². The zero-order chi connectivity index (χ0) is 11.4. The van der Waals surface area contributed by atoms with Crippen LogP contribution in [0.3, 0.4) is 0 Å². The van der Waals surface area contributed by atoms with Gasteiger partial charge in [-0.25, -0.2) is 0 Å². The zero-order valence-electron chi connectivity index (χ0n) is 10.3. The summed E-state index contributed by atoms with van der Waals surface area (Å²) in [6, 6.07) is 0. The number of hydrogen-bond acceptors (Lipinski definition) is 2. The molecule has 0 heterocycles. The van der Waals surface area contributed by atoms with Crippen molar-refractivity contribution >= 4 is 5.91 Å². The molecule has 0 rings (SSSR count). The summed E-state index contributed by atoms with van der Waals surface area (Å²) < 4.78 is 0. The van der Waals surface area contributed by atoms with Crippen LogP contribution < -0.4 is 5.32 Å². The van der Waals surface area contributed by atoms with Crippen LogP contribution in [-0.2, 0) is 4.79 Å². The molecule has 0 radical (unpaired) electrons. The predicted molar refractivity (Wildman–Crippen MR) is 60.2 cm³/mol. The average molecular weight is 200 g/mol. The topological polar surface area (TPSA) is 32.3 Å². The summed E-state index contributed by atoms with van der Waals surface area (Å²) in [4.78, 5) is 13.8. The van der Waals surface area contributed by atoms with Crippen molar-refractivity contribution < 1.29 is 4.79 Å². The summed E-state index contributed by atoms with van der Waals surface area (Å²) in [5.41, 5.74) is -0.272. The van der Waals surface area contributed by atoms with Gasteiger partial charge < -0.3 is 10.2 Å². The Bertz CT molecular complexity index is 186. The lowest BCUT2D eigenvalue weighted by atomic mass is 9.80. The lowest BCUT2D eigenvalue weighted by Gasteiger charge is -2.28. The van der Waals surface area contributed by atoms with Gasteiger partial charge in [0, 0.05) is 18.5 Å². The van der Waals surface area contributed by atoms with E-state index in [1.54, 1.807) is 0 Å². The summed E-state index contributed by atoms with van der Waals surface area (Å²) in [5.74, 6) is 0.510. The second-order valence-corrected chi connectivity index (χ2v) is 4.94. The molecule has 1 N–H and O–H groups in total. The second kappa shape index (κ2) is 5.35. The maximum atomic E-state index is 11.8. The van der Waals surface area contributed by atoms with Crippen LogP contribution in [0.15, 0.2) is 0 Å². The standard InChI is InChI=1S/C11H24N2O/c1-9(2)11(3,4)10(14)12-7-8-13(5)6/h9H,7-8H2,1-6H3,(H,12,14). The fourth-order valence-electron chi connectivity index (χ4n) is 0.883. The average Bonchev–Trinajstić information content (AvgIpc) is 2.02. The fourth-order valence-corrected chi connectivity index (χ4v) is 0.883. The van der Waals surface area contributed by atoms with E-state index in [4.69, 9.17) is 0 Å². The van der Waals surface area contributed by atoms with Gasteiger partial charge in [0.2, 0.25) is 5.91 Å². The van der Waals surface area contributed by atoms with Gasteiger partial charge in [-0.05, 0) is 20.0 Å². The highest BCUT2D eigenvalue weighted by atomic mass is 16.2. The molecule has 14 heavy (non-hydrogen) atoms. The number of likely N-dealkylation sites (N-methyl/N-ethyl adjacent to an activating group) is 1. The molecule has 0 aromatic rings. The summed E-state index contributed by atoms with van der Waals surface area (Å²) in [7, 11) is 4.00. The molecular weight excluding hydrogens is 176 g/mol. The van der Waals surface area contributed by atoms with Crippen LogP contribution >= 0.6 is 0 Å². The van der Waals surface area contributed by atoms with Gasteiger partial charge in [0.1, 0.15) is 0 Å². The molecule has 0 saturated heterocycles. The van der Waals surface area contributed by atoms with Crippen LogP contribution in [0.1, 0.15) is 27.7 Å². The van der Waals surface area contributed by atoms with Crippen molar-refractivity contribution in [2.45, 2.75) is 27.7 Å². The largest absolute Gasteiger partial charge is 0.354 e. The van der Waals surface area contributed by atoms with E-state index in [0.717, 1.165) is 13.1 Å². The minimum Gasteiger partial charge on any atom is -0.354 e. The van der Waals surface area contributed by atoms with E-state index in [0.29, 0.717) is 5.92 Å². The molecule has 0 aliphatic heterocycles. The lowest BCUT2D eigenvalue weighted by molar-refractivity contribution is -0.131. The first-order valence-corrected chi connectivity index (χ1v) is 5.21. The molecule has 3 nitrogen and oxygen atoms in total. The van der Waals surface area contributed by atoms with Crippen molar-refractivity contribution in [1.82, 2.24) is 10.2 Å². The second-order valence-electron chi connectivity index (χ2n) is 4.94. The number of rotatable bonds is 5.